The Hall–Kier alpha value is -2.37. The zero-order valence-corrected chi connectivity index (χ0v) is 16.0. The van der Waals surface area contributed by atoms with Crippen molar-refractivity contribution in [3.63, 3.8) is 0 Å². The second-order valence-corrected chi connectivity index (χ2v) is 8.40. The van der Waals surface area contributed by atoms with Crippen molar-refractivity contribution in [2.24, 2.45) is 5.41 Å². The Bertz CT molecular complexity index is 899. The van der Waals surface area contributed by atoms with Gasteiger partial charge in [-0.2, -0.15) is 0 Å². The van der Waals surface area contributed by atoms with Gasteiger partial charge >= 0.3 is 0 Å². The number of amides is 1. The molecule has 1 N–H and O–H groups in total. The highest BCUT2D eigenvalue weighted by Gasteiger charge is 2.52. The molecule has 2 atom stereocenters. The molecule has 1 fully saturated rings. The largest absolute Gasteiger partial charge is 0.493 e. The second-order valence-electron chi connectivity index (χ2n) is 8.40. The molecule has 146 valence electrons. The van der Waals surface area contributed by atoms with E-state index in [1.165, 1.54) is 11.1 Å². The monoisotopic (exact) mass is 378 g/mol. The number of nitrogens with zero attached hydrogens (tertiary/aromatic N) is 2. The summed E-state index contributed by atoms with van der Waals surface area (Å²) in [7, 11) is 0. The van der Waals surface area contributed by atoms with Crippen molar-refractivity contribution in [1.82, 2.24) is 9.80 Å². The van der Waals surface area contributed by atoms with Gasteiger partial charge in [0.25, 0.3) is 0 Å². The van der Waals surface area contributed by atoms with Gasteiger partial charge in [0.1, 0.15) is 5.75 Å². The number of hydrogen-bond acceptors (Lipinski definition) is 4. The highest BCUT2D eigenvalue weighted by molar-refractivity contribution is 5.79. The number of likely N-dealkylation sites (tertiary alicyclic amines) is 1. The predicted molar refractivity (Wildman–Crippen MR) is 106 cm³/mol. The summed E-state index contributed by atoms with van der Waals surface area (Å²) in [5.74, 6) is 1.17. The fraction of sp³-hybridized carbons (Fsp3) is 0.435. The molecule has 1 saturated heterocycles. The van der Waals surface area contributed by atoms with Crippen LogP contribution < -0.4 is 4.74 Å². The molecule has 2 aromatic carbocycles. The van der Waals surface area contributed by atoms with E-state index in [0.29, 0.717) is 26.2 Å². The van der Waals surface area contributed by atoms with E-state index in [9.17, 15) is 9.90 Å². The van der Waals surface area contributed by atoms with Crippen molar-refractivity contribution in [3.05, 3.63) is 65.2 Å². The van der Waals surface area contributed by atoms with Gasteiger partial charge in [-0.15, -0.1) is 0 Å². The van der Waals surface area contributed by atoms with Crippen molar-refractivity contribution in [2.75, 3.05) is 39.4 Å². The Morgan fingerprint density at radius 2 is 1.93 bits per heavy atom. The third kappa shape index (κ3) is 2.90. The number of fused-ring (bicyclic) bond motifs is 4. The summed E-state index contributed by atoms with van der Waals surface area (Å²) in [4.78, 5) is 17.3. The molecule has 0 spiro atoms. The van der Waals surface area contributed by atoms with Crippen molar-refractivity contribution >= 4 is 5.91 Å². The topological polar surface area (TPSA) is 53.0 Å². The Balaban J connectivity index is 1.31. The van der Waals surface area contributed by atoms with Gasteiger partial charge in [0, 0.05) is 32.1 Å². The van der Waals surface area contributed by atoms with Gasteiger partial charge in [-0.05, 0) is 29.2 Å². The standard InChI is InChI=1S/C23H26N2O3/c26-15-23-14-25(12-20(23)19-7-3-4-8-21(19)28-16-23)22(27)13-24-10-9-17-5-1-2-6-18(17)11-24/h1-8,20,26H,9-16H2/t20-,23-/m0/s1. The second kappa shape index (κ2) is 6.90. The van der Waals surface area contributed by atoms with Gasteiger partial charge in [-0.25, -0.2) is 0 Å². The molecule has 2 aromatic rings. The minimum Gasteiger partial charge on any atom is -0.493 e. The molecule has 1 amide bonds. The molecule has 0 radical (unpaired) electrons. The summed E-state index contributed by atoms with van der Waals surface area (Å²) in [5.41, 5.74) is 3.44. The van der Waals surface area contributed by atoms with E-state index in [2.05, 4.69) is 35.2 Å². The molecule has 5 rings (SSSR count). The van der Waals surface area contributed by atoms with Crippen LogP contribution in [-0.4, -0.2) is 60.2 Å². The van der Waals surface area contributed by atoms with E-state index in [-0.39, 0.29) is 18.4 Å². The van der Waals surface area contributed by atoms with Gasteiger partial charge in [-0.1, -0.05) is 42.5 Å². The first-order valence-corrected chi connectivity index (χ1v) is 10.1. The smallest absolute Gasteiger partial charge is 0.236 e. The lowest BCUT2D eigenvalue weighted by molar-refractivity contribution is -0.132. The molecule has 3 aliphatic heterocycles. The maximum Gasteiger partial charge on any atom is 0.236 e. The van der Waals surface area contributed by atoms with Crippen molar-refractivity contribution in [2.45, 2.75) is 18.9 Å². The van der Waals surface area contributed by atoms with Crippen LogP contribution in [0.25, 0.3) is 0 Å². The Kier molecular flexibility index (Phi) is 4.37. The summed E-state index contributed by atoms with van der Waals surface area (Å²) in [6, 6.07) is 16.5. The fourth-order valence-corrected chi connectivity index (χ4v) is 5.04. The van der Waals surface area contributed by atoms with Crippen molar-refractivity contribution in [3.8, 4) is 5.75 Å². The van der Waals surface area contributed by atoms with E-state index < -0.39 is 5.41 Å². The molecule has 0 aliphatic carbocycles. The molecule has 28 heavy (non-hydrogen) atoms. The first-order valence-electron chi connectivity index (χ1n) is 10.1. The molecule has 0 bridgehead atoms. The summed E-state index contributed by atoms with van der Waals surface area (Å²) in [5, 5.41) is 10.2. The van der Waals surface area contributed by atoms with Crippen molar-refractivity contribution in [1.29, 1.82) is 0 Å². The average molecular weight is 378 g/mol. The van der Waals surface area contributed by atoms with E-state index in [0.717, 1.165) is 30.8 Å². The maximum atomic E-state index is 13.1. The van der Waals surface area contributed by atoms with Crippen LogP contribution in [0.3, 0.4) is 0 Å². The van der Waals surface area contributed by atoms with Gasteiger partial charge in [-0.3, -0.25) is 9.69 Å². The van der Waals surface area contributed by atoms with Crippen LogP contribution >= 0.6 is 0 Å². The van der Waals surface area contributed by atoms with E-state index in [4.69, 9.17) is 4.74 Å². The lowest BCUT2D eigenvalue weighted by Gasteiger charge is -2.37. The van der Waals surface area contributed by atoms with Gasteiger partial charge < -0.3 is 14.7 Å². The van der Waals surface area contributed by atoms with Crippen LogP contribution in [0.15, 0.2) is 48.5 Å². The van der Waals surface area contributed by atoms with Crippen LogP contribution in [0, 0.1) is 5.41 Å². The zero-order chi connectivity index (χ0) is 19.1. The first-order chi connectivity index (χ1) is 13.7. The van der Waals surface area contributed by atoms with Crippen LogP contribution in [0.5, 0.6) is 5.75 Å². The van der Waals surface area contributed by atoms with E-state index in [1.807, 2.05) is 23.1 Å². The van der Waals surface area contributed by atoms with E-state index >= 15 is 0 Å². The maximum absolute atomic E-state index is 13.1. The number of benzene rings is 2. The van der Waals surface area contributed by atoms with Gasteiger partial charge in [0.15, 0.2) is 0 Å². The number of aliphatic hydroxyl groups excluding tert-OH is 1. The normalized spacial score (nSPS) is 26.2. The molecular formula is C23H26N2O3. The number of para-hydroxylation sites is 1. The number of carbonyl (C=O) groups excluding carboxylic acids is 1. The van der Waals surface area contributed by atoms with Gasteiger partial charge in [0.05, 0.1) is 25.2 Å². The minimum absolute atomic E-state index is 0.0346. The first kappa shape index (κ1) is 17.7. The molecular weight excluding hydrogens is 352 g/mol. The Labute approximate surface area is 165 Å². The summed E-state index contributed by atoms with van der Waals surface area (Å²) in [6.07, 6.45) is 0.994. The van der Waals surface area contributed by atoms with E-state index in [1.54, 1.807) is 0 Å². The third-order valence-electron chi connectivity index (χ3n) is 6.69. The molecule has 0 unspecified atom stereocenters. The SMILES string of the molecule is O=C(CN1CCc2ccccc2C1)N1C[C@H]2c3ccccc3OC[C@@]2(CO)C1. The summed E-state index contributed by atoms with van der Waals surface area (Å²) >= 11 is 0. The number of carbonyl (C=O) groups is 1. The summed E-state index contributed by atoms with van der Waals surface area (Å²) < 4.78 is 5.94. The third-order valence-corrected chi connectivity index (χ3v) is 6.69. The van der Waals surface area contributed by atoms with Gasteiger partial charge in [0.2, 0.25) is 5.91 Å². The van der Waals surface area contributed by atoms with Crippen molar-refractivity contribution < 1.29 is 14.6 Å². The molecule has 3 aliphatic rings. The number of aliphatic hydroxyl groups is 1. The molecule has 5 nitrogen and oxygen atoms in total. The lowest BCUT2D eigenvalue weighted by Crippen LogP contribution is -2.44. The molecule has 0 saturated carbocycles. The molecule has 0 aromatic heterocycles. The molecule has 3 heterocycles. The highest BCUT2D eigenvalue weighted by Crippen LogP contribution is 2.49. The lowest BCUT2D eigenvalue weighted by atomic mass is 9.74. The zero-order valence-electron chi connectivity index (χ0n) is 16.0. The Morgan fingerprint density at radius 3 is 2.79 bits per heavy atom. The predicted octanol–water partition coefficient (Wildman–Crippen LogP) is 2.04. The summed E-state index contributed by atoms with van der Waals surface area (Å²) in [6.45, 7) is 3.90. The Morgan fingerprint density at radius 1 is 1.14 bits per heavy atom. The van der Waals surface area contributed by atoms with Crippen LogP contribution in [0.4, 0.5) is 0 Å². The minimum atomic E-state index is -0.390. The quantitative estimate of drug-likeness (QED) is 0.888. The van der Waals surface area contributed by atoms with Crippen LogP contribution in [0.1, 0.15) is 22.6 Å². The average Bonchev–Trinajstić information content (AvgIpc) is 3.15. The fourth-order valence-electron chi connectivity index (χ4n) is 5.04. The van der Waals surface area contributed by atoms with Crippen LogP contribution in [-0.2, 0) is 17.8 Å². The van der Waals surface area contributed by atoms with Crippen LogP contribution in [0.2, 0.25) is 0 Å². The number of ether oxygens (including phenoxy) is 1. The number of hydrogen-bond donors (Lipinski definition) is 1. The molecule has 5 heteroatoms. The number of rotatable bonds is 3. The highest BCUT2D eigenvalue weighted by atomic mass is 16.5.